The molecule has 0 amide bonds. The molecule has 0 saturated heterocycles. The Morgan fingerprint density at radius 2 is 1.75 bits per heavy atom. The first-order valence-electron chi connectivity index (χ1n) is 6.36. The minimum Gasteiger partial charge on any atom is -0.464 e. The molecular weight excluding hydrogens is 276 g/mol. The van der Waals surface area contributed by atoms with Crippen LogP contribution < -0.4 is 9.64 Å². The Kier molecular flexibility index (Phi) is 4.39. The zero-order valence-corrected chi connectivity index (χ0v) is 12.8. The van der Waals surface area contributed by atoms with E-state index in [0.717, 1.165) is 5.69 Å². The summed E-state index contributed by atoms with van der Waals surface area (Å²) >= 11 is 5.91. The molecule has 0 saturated carbocycles. The molecule has 2 aromatic rings. The van der Waals surface area contributed by atoms with Crippen LogP contribution in [0.3, 0.4) is 0 Å². The maximum Gasteiger partial charge on any atom is 0.322 e. The molecule has 0 atom stereocenters. The van der Waals surface area contributed by atoms with Crippen LogP contribution in [0.15, 0.2) is 18.2 Å². The van der Waals surface area contributed by atoms with Crippen LogP contribution in [-0.2, 0) is 0 Å². The van der Waals surface area contributed by atoms with Gasteiger partial charge in [0.15, 0.2) is 0 Å². The fraction of sp³-hybridized carbons (Fsp3) is 0.357. The molecule has 106 valence electrons. The maximum atomic E-state index is 5.91. The molecule has 1 aromatic carbocycles. The summed E-state index contributed by atoms with van der Waals surface area (Å²) in [6.45, 7) is 6.45. The van der Waals surface area contributed by atoms with E-state index in [1.165, 1.54) is 11.1 Å². The van der Waals surface area contributed by atoms with Crippen LogP contribution in [0, 0.1) is 13.8 Å². The lowest BCUT2D eigenvalue weighted by Crippen LogP contribution is -2.15. The van der Waals surface area contributed by atoms with Gasteiger partial charge in [-0.3, -0.25) is 0 Å². The van der Waals surface area contributed by atoms with E-state index in [-0.39, 0.29) is 11.3 Å². The lowest BCUT2D eigenvalue weighted by Gasteiger charge is -2.18. The first kappa shape index (κ1) is 14.5. The first-order chi connectivity index (χ1) is 9.49. The molecule has 1 aromatic heterocycles. The second-order valence-corrected chi connectivity index (χ2v) is 4.86. The lowest BCUT2D eigenvalue weighted by atomic mass is 10.1. The third-order valence-electron chi connectivity index (χ3n) is 2.74. The maximum absolute atomic E-state index is 5.91. The van der Waals surface area contributed by atoms with Gasteiger partial charge in [-0.05, 0) is 55.6 Å². The van der Waals surface area contributed by atoms with E-state index < -0.39 is 0 Å². The largest absolute Gasteiger partial charge is 0.464 e. The van der Waals surface area contributed by atoms with E-state index in [1.807, 2.05) is 18.9 Å². The van der Waals surface area contributed by atoms with Gasteiger partial charge < -0.3 is 9.64 Å². The molecule has 0 bridgehead atoms. The number of rotatable bonds is 4. The Hall–Kier alpha value is -1.88. The van der Waals surface area contributed by atoms with Crippen molar-refractivity contribution in [3.05, 3.63) is 34.6 Å². The summed E-state index contributed by atoms with van der Waals surface area (Å²) in [7, 11) is 1.88. The Morgan fingerprint density at radius 1 is 1.10 bits per heavy atom. The molecule has 1 heterocycles. The van der Waals surface area contributed by atoms with E-state index in [0.29, 0.717) is 12.6 Å². The summed E-state index contributed by atoms with van der Waals surface area (Å²) in [5.41, 5.74) is 3.35. The van der Waals surface area contributed by atoms with Gasteiger partial charge in [-0.15, -0.1) is 0 Å². The number of ether oxygens (including phenoxy) is 1. The number of benzene rings is 1. The van der Waals surface area contributed by atoms with Crippen molar-refractivity contribution in [1.29, 1.82) is 0 Å². The Balaban J connectivity index is 2.39. The Bertz CT molecular complexity index is 598. The molecule has 0 spiro atoms. The fourth-order valence-electron chi connectivity index (χ4n) is 1.93. The van der Waals surface area contributed by atoms with Gasteiger partial charge >= 0.3 is 6.01 Å². The van der Waals surface area contributed by atoms with Gasteiger partial charge in [-0.25, -0.2) is 0 Å². The summed E-state index contributed by atoms with van der Waals surface area (Å²) in [4.78, 5) is 14.2. The quantitative estimate of drug-likeness (QED) is 0.865. The monoisotopic (exact) mass is 292 g/mol. The van der Waals surface area contributed by atoms with Crippen molar-refractivity contribution in [3.63, 3.8) is 0 Å². The zero-order chi connectivity index (χ0) is 14.7. The van der Waals surface area contributed by atoms with Crippen molar-refractivity contribution in [2.45, 2.75) is 20.8 Å². The van der Waals surface area contributed by atoms with E-state index in [4.69, 9.17) is 16.3 Å². The molecule has 0 radical (unpaired) electrons. The summed E-state index contributed by atoms with van der Waals surface area (Å²) < 4.78 is 5.29. The second kappa shape index (κ2) is 6.05. The number of halogens is 1. The third-order valence-corrected chi connectivity index (χ3v) is 2.91. The first-order valence-corrected chi connectivity index (χ1v) is 6.73. The predicted octanol–water partition coefficient (Wildman–Crippen LogP) is 3.31. The molecule has 20 heavy (non-hydrogen) atoms. The Labute approximate surface area is 123 Å². The highest BCUT2D eigenvalue weighted by molar-refractivity contribution is 6.28. The van der Waals surface area contributed by atoms with Crippen LogP contribution in [0.5, 0.6) is 6.01 Å². The molecule has 6 heteroatoms. The van der Waals surface area contributed by atoms with Gasteiger partial charge in [0.2, 0.25) is 11.2 Å². The minimum atomic E-state index is 0.120. The normalized spacial score (nSPS) is 10.4. The summed E-state index contributed by atoms with van der Waals surface area (Å²) in [6.07, 6.45) is 0. The van der Waals surface area contributed by atoms with Gasteiger partial charge in [0.1, 0.15) is 0 Å². The molecule has 0 unspecified atom stereocenters. The summed E-state index contributed by atoms with van der Waals surface area (Å²) in [6, 6.07) is 6.47. The van der Waals surface area contributed by atoms with Crippen LogP contribution in [0.1, 0.15) is 18.1 Å². The number of hydrogen-bond acceptors (Lipinski definition) is 5. The average Bonchev–Trinajstić information content (AvgIpc) is 2.36. The number of nitrogens with zero attached hydrogens (tertiary/aromatic N) is 4. The van der Waals surface area contributed by atoms with Crippen LogP contribution in [0.25, 0.3) is 0 Å². The van der Waals surface area contributed by atoms with Crippen molar-refractivity contribution < 1.29 is 4.74 Å². The van der Waals surface area contributed by atoms with Gasteiger partial charge in [0, 0.05) is 12.7 Å². The van der Waals surface area contributed by atoms with E-state index in [1.54, 1.807) is 0 Å². The van der Waals surface area contributed by atoms with Crippen molar-refractivity contribution >= 4 is 23.2 Å². The van der Waals surface area contributed by atoms with Crippen molar-refractivity contribution in [2.24, 2.45) is 0 Å². The molecule has 0 aliphatic rings. The molecule has 2 rings (SSSR count). The number of aryl methyl sites for hydroxylation is 2. The van der Waals surface area contributed by atoms with Crippen LogP contribution in [0.2, 0.25) is 5.28 Å². The standard InChI is InChI=1S/C14H17ClN4O/c1-5-20-14-17-12(15)16-13(18-14)19(4)11-7-9(2)6-10(3)8-11/h6-8H,5H2,1-4H3. The SMILES string of the molecule is CCOc1nc(Cl)nc(N(C)c2cc(C)cc(C)c2)n1. The van der Waals surface area contributed by atoms with Crippen LogP contribution >= 0.6 is 11.6 Å². The molecule has 0 aliphatic heterocycles. The molecule has 0 aliphatic carbocycles. The third kappa shape index (κ3) is 3.36. The topological polar surface area (TPSA) is 51.1 Å². The highest BCUT2D eigenvalue weighted by Crippen LogP contribution is 2.24. The highest BCUT2D eigenvalue weighted by Gasteiger charge is 2.12. The van der Waals surface area contributed by atoms with Crippen LogP contribution in [0.4, 0.5) is 11.6 Å². The zero-order valence-electron chi connectivity index (χ0n) is 12.0. The van der Waals surface area contributed by atoms with Gasteiger partial charge in [-0.2, -0.15) is 15.0 Å². The van der Waals surface area contributed by atoms with Crippen molar-refractivity contribution in [1.82, 2.24) is 15.0 Å². The smallest absolute Gasteiger partial charge is 0.322 e. The average molecular weight is 293 g/mol. The summed E-state index contributed by atoms with van der Waals surface area (Å²) in [5.74, 6) is 0.457. The van der Waals surface area contributed by atoms with Gasteiger partial charge in [0.05, 0.1) is 6.61 Å². The lowest BCUT2D eigenvalue weighted by molar-refractivity contribution is 0.311. The molecular formula is C14H17ClN4O. The van der Waals surface area contributed by atoms with Crippen molar-refractivity contribution in [2.75, 3.05) is 18.6 Å². The predicted molar refractivity (Wildman–Crippen MR) is 80.0 cm³/mol. The highest BCUT2D eigenvalue weighted by atomic mass is 35.5. The van der Waals surface area contributed by atoms with E-state index >= 15 is 0 Å². The van der Waals surface area contributed by atoms with Crippen molar-refractivity contribution in [3.8, 4) is 6.01 Å². The summed E-state index contributed by atoms with van der Waals surface area (Å²) in [5, 5.41) is 0.120. The Morgan fingerprint density at radius 3 is 2.35 bits per heavy atom. The number of anilines is 2. The molecule has 0 fully saturated rings. The number of hydrogen-bond donors (Lipinski definition) is 0. The minimum absolute atomic E-state index is 0.120. The van der Waals surface area contributed by atoms with Gasteiger partial charge in [-0.1, -0.05) is 6.07 Å². The molecule has 5 nitrogen and oxygen atoms in total. The second-order valence-electron chi connectivity index (χ2n) is 4.52. The van der Waals surface area contributed by atoms with E-state index in [2.05, 4.69) is 47.0 Å². The fourth-order valence-corrected chi connectivity index (χ4v) is 2.07. The van der Waals surface area contributed by atoms with Gasteiger partial charge in [0.25, 0.3) is 0 Å². The van der Waals surface area contributed by atoms with E-state index in [9.17, 15) is 0 Å². The number of aromatic nitrogens is 3. The molecule has 0 N–H and O–H groups in total. The van der Waals surface area contributed by atoms with Crippen LogP contribution in [-0.4, -0.2) is 28.6 Å².